The van der Waals surface area contributed by atoms with Gasteiger partial charge in [-0.05, 0) is 38.9 Å². The Hall–Kier alpha value is -2.15. The summed E-state index contributed by atoms with van der Waals surface area (Å²) in [7, 11) is 1.83. The Bertz CT molecular complexity index is 659. The van der Waals surface area contributed by atoms with Gasteiger partial charge in [0.15, 0.2) is 5.69 Å². The molecule has 1 amide bonds. The maximum Gasteiger partial charge on any atom is 0.276 e. The highest BCUT2D eigenvalue weighted by Gasteiger charge is 2.23. The van der Waals surface area contributed by atoms with Crippen LogP contribution < -0.4 is 0 Å². The van der Waals surface area contributed by atoms with E-state index in [1.54, 1.807) is 15.8 Å². The van der Waals surface area contributed by atoms with Gasteiger partial charge in [0.1, 0.15) is 5.76 Å². The van der Waals surface area contributed by atoms with Gasteiger partial charge in [-0.25, -0.2) is 0 Å². The second-order valence-electron chi connectivity index (χ2n) is 6.40. The quantitative estimate of drug-likeness (QED) is 0.807. The molecule has 0 atom stereocenters. The van der Waals surface area contributed by atoms with Gasteiger partial charge in [0.2, 0.25) is 0 Å². The third-order valence-corrected chi connectivity index (χ3v) is 4.61. The molecule has 7 nitrogen and oxygen atoms in total. The van der Waals surface area contributed by atoms with E-state index in [-0.39, 0.29) is 5.91 Å². The maximum absolute atomic E-state index is 12.7. The molecule has 0 aromatic carbocycles. The molecule has 7 heteroatoms. The topological polar surface area (TPSA) is 67.4 Å². The molecule has 2 aromatic heterocycles. The van der Waals surface area contributed by atoms with Gasteiger partial charge in [0, 0.05) is 38.1 Å². The average molecular weight is 331 g/mol. The Balaban J connectivity index is 1.63. The predicted molar refractivity (Wildman–Crippen MR) is 89.8 cm³/mol. The Morgan fingerprint density at radius 2 is 2.12 bits per heavy atom. The SMILES string of the molecule is Cc1onc(C(=O)N(C)CCN2CCCCC2)c1Cn1cccn1. The van der Waals surface area contributed by atoms with Crippen LogP contribution in [0.2, 0.25) is 0 Å². The second-order valence-corrected chi connectivity index (χ2v) is 6.40. The fourth-order valence-electron chi connectivity index (χ4n) is 3.06. The number of carbonyl (C=O) groups excluding carboxylic acids is 1. The van der Waals surface area contributed by atoms with Crippen molar-refractivity contribution in [3.05, 3.63) is 35.5 Å². The van der Waals surface area contributed by atoms with E-state index in [2.05, 4.69) is 15.2 Å². The van der Waals surface area contributed by atoms with Crippen LogP contribution in [0.3, 0.4) is 0 Å². The first kappa shape index (κ1) is 16.7. The predicted octanol–water partition coefficient (Wildman–Crippen LogP) is 1.79. The van der Waals surface area contributed by atoms with E-state index >= 15 is 0 Å². The number of carbonyl (C=O) groups is 1. The molecule has 3 heterocycles. The van der Waals surface area contributed by atoms with Crippen LogP contribution in [0.25, 0.3) is 0 Å². The lowest BCUT2D eigenvalue weighted by molar-refractivity contribution is 0.0761. The molecular formula is C17H25N5O2. The smallest absolute Gasteiger partial charge is 0.276 e. The van der Waals surface area contributed by atoms with Crippen molar-refractivity contribution in [2.75, 3.05) is 33.2 Å². The van der Waals surface area contributed by atoms with Crippen LogP contribution in [0.5, 0.6) is 0 Å². The Morgan fingerprint density at radius 1 is 1.33 bits per heavy atom. The number of nitrogens with zero attached hydrogens (tertiary/aromatic N) is 5. The van der Waals surface area contributed by atoms with E-state index in [1.165, 1.54) is 19.3 Å². The fraction of sp³-hybridized carbons (Fsp3) is 0.588. The highest BCUT2D eigenvalue weighted by atomic mass is 16.5. The molecule has 3 rings (SSSR count). The van der Waals surface area contributed by atoms with Crippen molar-refractivity contribution in [1.29, 1.82) is 0 Å². The molecule has 0 spiro atoms. The third-order valence-electron chi connectivity index (χ3n) is 4.61. The van der Waals surface area contributed by atoms with Gasteiger partial charge in [-0.2, -0.15) is 5.10 Å². The molecule has 0 radical (unpaired) electrons. The zero-order valence-electron chi connectivity index (χ0n) is 14.4. The lowest BCUT2D eigenvalue weighted by Crippen LogP contribution is -2.39. The Labute approximate surface area is 142 Å². The molecule has 1 saturated heterocycles. The number of amides is 1. The summed E-state index contributed by atoms with van der Waals surface area (Å²) < 4.78 is 7.03. The summed E-state index contributed by atoms with van der Waals surface area (Å²) >= 11 is 0. The summed E-state index contributed by atoms with van der Waals surface area (Å²) in [5.74, 6) is 0.573. The van der Waals surface area contributed by atoms with E-state index in [1.807, 2.05) is 26.2 Å². The number of aryl methyl sites for hydroxylation is 1. The number of rotatable bonds is 6. The van der Waals surface area contributed by atoms with Gasteiger partial charge in [0.25, 0.3) is 5.91 Å². The van der Waals surface area contributed by atoms with Gasteiger partial charge in [-0.1, -0.05) is 11.6 Å². The average Bonchev–Trinajstić information content (AvgIpc) is 3.24. The van der Waals surface area contributed by atoms with Gasteiger partial charge < -0.3 is 14.3 Å². The van der Waals surface area contributed by atoms with Crippen LogP contribution in [-0.4, -0.2) is 63.9 Å². The van der Waals surface area contributed by atoms with Crippen molar-refractivity contribution in [1.82, 2.24) is 24.7 Å². The highest BCUT2D eigenvalue weighted by Crippen LogP contribution is 2.16. The van der Waals surface area contributed by atoms with E-state index in [0.717, 1.165) is 25.2 Å². The van der Waals surface area contributed by atoms with Crippen LogP contribution in [0.4, 0.5) is 0 Å². The number of likely N-dealkylation sites (tertiary alicyclic amines) is 1. The molecular weight excluding hydrogens is 306 g/mol. The molecule has 0 unspecified atom stereocenters. The first-order chi connectivity index (χ1) is 11.6. The molecule has 1 fully saturated rings. The van der Waals surface area contributed by atoms with Crippen molar-refractivity contribution in [2.45, 2.75) is 32.7 Å². The molecule has 0 saturated carbocycles. The number of hydrogen-bond acceptors (Lipinski definition) is 5. The molecule has 130 valence electrons. The van der Waals surface area contributed by atoms with Crippen LogP contribution in [0, 0.1) is 6.92 Å². The van der Waals surface area contributed by atoms with Crippen molar-refractivity contribution >= 4 is 5.91 Å². The standard InChI is InChI=1S/C17H25N5O2/c1-14-15(13-22-10-6-7-18-22)16(19-24-14)17(23)20(2)11-12-21-8-4-3-5-9-21/h6-7,10H,3-5,8-9,11-13H2,1-2H3. The molecule has 1 aliphatic rings. The minimum Gasteiger partial charge on any atom is -0.361 e. The van der Waals surface area contributed by atoms with Gasteiger partial charge in [0.05, 0.1) is 6.54 Å². The first-order valence-corrected chi connectivity index (χ1v) is 8.55. The van der Waals surface area contributed by atoms with Gasteiger partial charge >= 0.3 is 0 Å². The van der Waals surface area contributed by atoms with Crippen molar-refractivity contribution < 1.29 is 9.32 Å². The van der Waals surface area contributed by atoms with Gasteiger partial charge in [-0.15, -0.1) is 0 Å². The van der Waals surface area contributed by atoms with Crippen molar-refractivity contribution in [2.24, 2.45) is 0 Å². The van der Waals surface area contributed by atoms with E-state index in [0.29, 0.717) is 24.5 Å². The van der Waals surface area contributed by atoms with Crippen molar-refractivity contribution in [3.8, 4) is 0 Å². The van der Waals surface area contributed by atoms with Crippen LogP contribution in [0.1, 0.15) is 41.1 Å². The molecule has 24 heavy (non-hydrogen) atoms. The summed E-state index contributed by atoms with van der Waals surface area (Å²) in [6.45, 7) is 6.20. The van der Waals surface area contributed by atoms with E-state index < -0.39 is 0 Å². The normalized spacial score (nSPS) is 15.6. The molecule has 0 bridgehead atoms. The number of likely N-dealkylation sites (N-methyl/N-ethyl adjacent to an activating group) is 1. The van der Waals surface area contributed by atoms with Crippen LogP contribution >= 0.6 is 0 Å². The van der Waals surface area contributed by atoms with Crippen molar-refractivity contribution in [3.63, 3.8) is 0 Å². The summed E-state index contributed by atoms with van der Waals surface area (Å²) in [5.41, 5.74) is 1.19. The summed E-state index contributed by atoms with van der Waals surface area (Å²) in [5, 5.41) is 8.18. The van der Waals surface area contributed by atoms with E-state index in [9.17, 15) is 4.79 Å². The fourth-order valence-corrected chi connectivity index (χ4v) is 3.06. The monoisotopic (exact) mass is 331 g/mol. The van der Waals surface area contributed by atoms with Gasteiger partial charge in [-0.3, -0.25) is 9.48 Å². The third kappa shape index (κ3) is 3.84. The minimum atomic E-state index is -0.0917. The Kier molecular flexibility index (Phi) is 5.30. The summed E-state index contributed by atoms with van der Waals surface area (Å²) in [6.07, 6.45) is 7.42. The zero-order valence-corrected chi connectivity index (χ0v) is 14.4. The maximum atomic E-state index is 12.7. The van der Waals surface area contributed by atoms with E-state index in [4.69, 9.17) is 4.52 Å². The largest absolute Gasteiger partial charge is 0.361 e. The van der Waals surface area contributed by atoms with Crippen LogP contribution in [-0.2, 0) is 6.54 Å². The molecule has 0 aliphatic carbocycles. The number of hydrogen-bond donors (Lipinski definition) is 0. The Morgan fingerprint density at radius 3 is 2.83 bits per heavy atom. The van der Waals surface area contributed by atoms with Crippen LogP contribution in [0.15, 0.2) is 23.0 Å². The number of piperidine rings is 1. The summed E-state index contributed by atoms with van der Waals surface area (Å²) in [6, 6.07) is 1.86. The summed E-state index contributed by atoms with van der Waals surface area (Å²) in [4.78, 5) is 16.9. The molecule has 0 N–H and O–H groups in total. The second kappa shape index (κ2) is 7.61. The zero-order chi connectivity index (χ0) is 16.9. The highest BCUT2D eigenvalue weighted by molar-refractivity contribution is 5.93. The number of aromatic nitrogens is 3. The molecule has 1 aliphatic heterocycles. The first-order valence-electron chi connectivity index (χ1n) is 8.55. The lowest BCUT2D eigenvalue weighted by atomic mass is 10.1. The minimum absolute atomic E-state index is 0.0917. The lowest BCUT2D eigenvalue weighted by Gasteiger charge is -2.28. The molecule has 2 aromatic rings.